The summed E-state index contributed by atoms with van der Waals surface area (Å²) in [6.45, 7) is 3.87. The van der Waals surface area contributed by atoms with Crippen LogP contribution in [0.5, 0.6) is 5.75 Å². The number of nitrogens with one attached hydrogen (secondary N) is 2. The Balaban J connectivity index is 1.81. The van der Waals surface area contributed by atoms with Crippen molar-refractivity contribution in [1.82, 2.24) is 9.97 Å². The molecule has 1 saturated heterocycles. The topological polar surface area (TPSA) is 93.2 Å². The molecule has 2 aromatic rings. The highest BCUT2D eigenvalue weighted by Crippen LogP contribution is 2.28. The van der Waals surface area contributed by atoms with Gasteiger partial charge in [-0.25, -0.2) is 13.4 Å². The summed E-state index contributed by atoms with van der Waals surface area (Å²) in [5.41, 5.74) is 2.65. The first kappa shape index (κ1) is 17.5. The van der Waals surface area contributed by atoms with Crippen LogP contribution in [0.4, 0.5) is 17.5 Å². The summed E-state index contributed by atoms with van der Waals surface area (Å²) in [7, 11) is -1.32. The number of benzene rings is 1. The third-order valence-corrected chi connectivity index (χ3v) is 5.81. The summed E-state index contributed by atoms with van der Waals surface area (Å²) < 4.78 is 28.6. The normalized spacial score (nSPS) is 18.8. The van der Waals surface area contributed by atoms with Gasteiger partial charge in [-0.05, 0) is 38.0 Å². The summed E-state index contributed by atoms with van der Waals surface area (Å²) >= 11 is 0. The molecule has 1 unspecified atom stereocenters. The number of ether oxygens (including phenoxy) is 1. The molecular weight excluding hydrogens is 340 g/mol. The third-order valence-electron chi connectivity index (χ3n) is 4.04. The second-order valence-electron chi connectivity index (χ2n) is 6.29. The Morgan fingerprint density at radius 2 is 2.00 bits per heavy atom. The lowest BCUT2D eigenvalue weighted by molar-refractivity contribution is 0.416. The zero-order valence-electron chi connectivity index (χ0n) is 14.5. The van der Waals surface area contributed by atoms with Gasteiger partial charge in [0.1, 0.15) is 11.6 Å². The largest absolute Gasteiger partial charge is 0.495 e. The van der Waals surface area contributed by atoms with Crippen molar-refractivity contribution in [2.24, 2.45) is 0 Å². The summed E-state index contributed by atoms with van der Waals surface area (Å²) in [4.78, 5) is 8.86. The van der Waals surface area contributed by atoms with Crippen molar-refractivity contribution in [3.63, 3.8) is 0 Å². The Morgan fingerprint density at radius 3 is 2.68 bits per heavy atom. The van der Waals surface area contributed by atoms with Crippen molar-refractivity contribution in [3.05, 3.63) is 35.5 Å². The number of methoxy groups -OCH3 is 1. The fraction of sp³-hybridized carbons (Fsp3) is 0.412. The molecule has 134 valence electrons. The van der Waals surface area contributed by atoms with Crippen molar-refractivity contribution < 1.29 is 13.2 Å². The van der Waals surface area contributed by atoms with E-state index in [9.17, 15) is 8.42 Å². The Kier molecular flexibility index (Phi) is 4.80. The number of aromatic nitrogens is 2. The average Bonchev–Trinajstić information content (AvgIpc) is 2.85. The SMILES string of the molecule is COc1ccc(C)cc1Nc1nc(C)cc(NC2CCS(=O)(=O)C2)n1. The van der Waals surface area contributed by atoms with Gasteiger partial charge in [-0.15, -0.1) is 0 Å². The van der Waals surface area contributed by atoms with Crippen LogP contribution in [-0.4, -0.2) is 43.0 Å². The first-order valence-electron chi connectivity index (χ1n) is 8.09. The number of nitrogens with zero attached hydrogens (tertiary/aromatic N) is 2. The molecule has 1 aromatic heterocycles. The number of anilines is 3. The van der Waals surface area contributed by atoms with E-state index in [4.69, 9.17) is 4.74 Å². The molecule has 1 fully saturated rings. The van der Waals surface area contributed by atoms with Crippen LogP contribution >= 0.6 is 0 Å². The highest BCUT2D eigenvalue weighted by atomic mass is 32.2. The Morgan fingerprint density at radius 1 is 1.20 bits per heavy atom. The van der Waals surface area contributed by atoms with Gasteiger partial charge in [-0.3, -0.25) is 0 Å². The van der Waals surface area contributed by atoms with Gasteiger partial charge in [0.2, 0.25) is 5.95 Å². The van der Waals surface area contributed by atoms with E-state index in [1.54, 1.807) is 7.11 Å². The molecule has 0 aliphatic carbocycles. The van der Waals surface area contributed by atoms with Gasteiger partial charge in [-0.2, -0.15) is 4.98 Å². The van der Waals surface area contributed by atoms with E-state index in [1.165, 1.54) is 0 Å². The van der Waals surface area contributed by atoms with Gasteiger partial charge in [0.05, 0.1) is 24.3 Å². The molecule has 3 rings (SSSR count). The molecule has 0 spiro atoms. The van der Waals surface area contributed by atoms with Gasteiger partial charge in [0.25, 0.3) is 0 Å². The fourth-order valence-electron chi connectivity index (χ4n) is 2.86. The maximum atomic E-state index is 11.6. The second kappa shape index (κ2) is 6.87. The van der Waals surface area contributed by atoms with Gasteiger partial charge in [0, 0.05) is 17.8 Å². The van der Waals surface area contributed by atoms with Crippen molar-refractivity contribution in [2.45, 2.75) is 26.3 Å². The molecule has 0 bridgehead atoms. The van der Waals surface area contributed by atoms with Crippen LogP contribution in [0.2, 0.25) is 0 Å². The molecule has 2 heterocycles. The van der Waals surface area contributed by atoms with E-state index in [2.05, 4.69) is 20.6 Å². The van der Waals surface area contributed by atoms with Crippen LogP contribution in [0.15, 0.2) is 24.3 Å². The van der Waals surface area contributed by atoms with Crippen molar-refractivity contribution in [1.29, 1.82) is 0 Å². The number of rotatable bonds is 5. The van der Waals surface area contributed by atoms with E-state index < -0.39 is 9.84 Å². The second-order valence-corrected chi connectivity index (χ2v) is 8.52. The third kappa shape index (κ3) is 4.39. The summed E-state index contributed by atoms with van der Waals surface area (Å²) in [6, 6.07) is 7.51. The lowest BCUT2D eigenvalue weighted by Gasteiger charge is -2.15. The minimum Gasteiger partial charge on any atom is -0.495 e. The van der Waals surface area contributed by atoms with Crippen molar-refractivity contribution in [3.8, 4) is 5.75 Å². The zero-order chi connectivity index (χ0) is 18.0. The summed E-state index contributed by atoms with van der Waals surface area (Å²) in [6.07, 6.45) is 0.597. The van der Waals surface area contributed by atoms with Crippen LogP contribution in [0.3, 0.4) is 0 Å². The zero-order valence-corrected chi connectivity index (χ0v) is 15.4. The van der Waals surface area contributed by atoms with E-state index in [0.29, 0.717) is 23.9 Å². The highest BCUT2D eigenvalue weighted by molar-refractivity contribution is 7.91. The molecular formula is C17H22N4O3S. The molecule has 1 atom stereocenters. The van der Waals surface area contributed by atoms with Gasteiger partial charge < -0.3 is 15.4 Å². The molecule has 2 N–H and O–H groups in total. The van der Waals surface area contributed by atoms with Crippen LogP contribution in [0.25, 0.3) is 0 Å². The molecule has 0 amide bonds. The predicted molar refractivity (Wildman–Crippen MR) is 98.5 cm³/mol. The lowest BCUT2D eigenvalue weighted by Crippen LogP contribution is -2.21. The highest BCUT2D eigenvalue weighted by Gasteiger charge is 2.28. The Hall–Kier alpha value is -2.35. The standard InChI is InChI=1S/C17H22N4O3S/c1-11-4-5-15(24-3)14(8-11)20-17-18-12(2)9-16(21-17)19-13-6-7-25(22,23)10-13/h4-5,8-9,13H,6-7,10H2,1-3H3,(H2,18,19,20,21). The maximum absolute atomic E-state index is 11.6. The number of hydrogen-bond donors (Lipinski definition) is 2. The monoisotopic (exact) mass is 362 g/mol. The lowest BCUT2D eigenvalue weighted by atomic mass is 10.2. The molecule has 0 saturated carbocycles. The van der Waals surface area contributed by atoms with E-state index >= 15 is 0 Å². The average molecular weight is 362 g/mol. The molecule has 25 heavy (non-hydrogen) atoms. The van der Waals surface area contributed by atoms with E-state index in [0.717, 1.165) is 16.9 Å². The summed E-state index contributed by atoms with van der Waals surface area (Å²) in [5, 5.41) is 6.38. The van der Waals surface area contributed by atoms with Crippen LogP contribution < -0.4 is 15.4 Å². The number of aryl methyl sites for hydroxylation is 2. The number of hydrogen-bond acceptors (Lipinski definition) is 7. The minimum atomic E-state index is -2.94. The molecule has 0 radical (unpaired) electrons. The smallest absolute Gasteiger partial charge is 0.229 e. The summed E-state index contributed by atoms with van der Waals surface area (Å²) in [5.74, 6) is 2.12. The van der Waals surface area contributed by atoms with E-state index in [-0.39, 0.29) is 17.5 Å². The molecule has 1 aliphatic rings. The fourth-order valence-corrected chi connectivity index (χ4v) is 4.53. The first-order valence-corrected chi connectivity index (χ1v) is 9.91. The van der Waals surface area contributed by atoms with E-state index in [1.807, 2.05) is 38.1 Å². The van der Waals surface area contributed by atoms with Gasteiger partial charge in [-0.1, -0.05) is 6.07 Å². The predicted octanol–water partition coefficient (Wildman–Crippen LogP) is 2.44. The van der Waals surface area contributed by atoms with Crippen molar-refractivity contribution >= 4 is 27.3 Å². The Bertz CT molecular complexity index is 883. The van der Waals surface area contributed by atoms with Gasteiger partial charge >= 0.3 is 0 Å². The first-order chi connectivity index (χ1) is 11.8. The quantitative estimate of drug-likeness (QED) is 0.844. The van der Waals surface area contributed by atoms with Crippen LogP contribution in [0, 0.1) is 13.8 Å². The van der Waals surface area contributed by atoms with Crippen molar-refractivity contribution in [2.75, 3.05) is 29.2 Å². The van der Waals surface area contributed by atoms with Crippen LogP contribution in [0.1, 0.15) is 17.7 Å². The van der Waals surface area contributed by atoms with Gasteiger partial charge in [0.15, 0.2) is 9.84 Å². The number of sulfone groups is 1. The molecule has 7 nitrogen and oxygen atoms in total. The Labute approximate surface area is 147 Å². The van der Waals surface area contributed by atoms with Crippen LogP contribution in [-0.2, 0) is 9.84 Å². The molecule has 1 aromatic carbocycles. The maximum Gasteiger partial charge on any atom is 0.229 e. The minimum absolute atomic E-state index is 0.111. The molecule has 1 aliphatic heterocycles. The molecule has 8 heteroatoms.